The van der Waals surface area contributed by atoms with Crippen LogP contribution in [-0.4, -0.2) is 30.9 Å². The van der Waals surface area contributed by atoms with Gasteiger partial charge >= 0.3 is 6.03 Å². The zero-order chi connectivity index (χ0) is 14.4. The van der Waals surface area contributed by atoms with Crippen molar-refractivity contribution in [3.05, 3.63) is 28.2 Å². The molecule has 0 unspecified atom stereocenters. The van der Waals surface area contributed by atoms with Crippen molar-refractivity contribution in [1.29, 1.82) is 0 Å². The van der Waals surface area contributed by atoms with E-state index < -0.39 is 0 Å². The second kappa shape index (κ2) is 7.35. The molecule has 2 amide bonds. The fourth-order valence-electron chi connectivity index (χ4n) is 1.63. The van der Waals surface area contributed by atoms with E-state index in [2.05, 4.69) is 26.6 Å². The standard InChI is InChI=1S/C13H19BrN2O3/c1-8(7-17)15-13(18)16-9(2)11-5-4-10(14)6-12(11)19-3/h4-6,8-9,17H,7H2,1-3H3,(H2,15,16,18)/t8-,9+/m0/s1. The van der Waals surface area contributed by atoms with Gasteiger partial charge in [-0.05, 0) is 26.0 Å². The molecule has 5 nitrogen and oxygen atoms in total. The topological polar surface area (TPSA) is 70.6 Å². The van der Waals surface area contributed by atoms with Crippen LogP contribution in [0, 0.1) is 0 Å². The Balaban J connectivity index is 2.72. The first kappa shape index (κ1) is 15.8. The highest BCUT2D eigenvalue weighted by Crippen LogP contribution is 2.28. The van der Waals surface area contributed by atoms with E-state index in [0.29, 0.717) is 5.75 Å². The lowest BCUT2D eigenvalue weighted by atomic mass is 10.1. The molecule has 0 saturated carbocycles. The van der Waals surface area contributed by atoms with Gasteiger partial charge in [0, 0.05) is 10.0 Å². The van der Waals surface area contributed by atoms with Crippen molar-refractivity contribution in [2.75, 3.05) is 13.7 Å². The Morgan fingerprint density at radius 1 is 1.42 bits per heavy atom. The molecule has 1 aromatic carbocycles. The van der Waals surface area contributed by atoms with Crippen LogP contribution in [0.3, 0.4) is 0 Å². The van der Waals surface area contributed by atoms with Crippen LogP contribution in [0.5, 0.6) is 5.75 Å². The number of urea groups is 1. The average molecular weight is 331 g/mol. The molecular weight excluding hydrogens is 312 g/mol. The molecule has 0 aromatic heterocycles. The lowest BCUT2D eigenvalue weighted by molar-refractivity contribution is 0.218. The van der Waals surface area contributed by atoms with E-state index in [1.807, 2.05) is 25.1 Å². The van der Waals surface area contributed by atoms with Gasteiger partial charge in [0.25, 0.3) is 0 Å². The fourth-order valence-corrected chi connectivity index (χ4v) is 1.97. The molecule has 6 heteroatoms. The summed E-state index contributed by atoms with van der Waals surface area (Å²) in [5, 5.41) is 14.3. The molecule has 19 heavy (non-hydrogen) atoms. The van der Waals surface area contributed by atoms with Crippen molar-refractivity contribution in [2.24, 2.45) is 0 Å². The molecule has 0 saturated heterocycles. The van der Waals surface area contributed by atoms with Crippen molar-refractivity contribution in [2.45, 2.75) is 25.9 Å². The minimum atomic E-state index is -0.320. The summed E-state index contributed by atoms with van der Waals surface area (Å²) in [6.07, 6.45) is 0. The normalized spacial score (nSPS) is 13.5. The summed E-state index contributed by atoms with van der Waals surface area (Å²) in [7, 11) is 1.59. The van der Waals surface area contributed by atoms with Crippen molar-refractivity contribution in [3.63, 3.8) is 0 Å². The summed E-state index contributed by atoms with van der Waals surface area (Å²) in [5.74, 6) is 0.706. The number of hydrogen-bond acceptors (Lipinski definition) is 3. The van der Waals surface area contributed by atoms with Gasteiger partial charge in [-0.3, -0.25) is 0 Å². The van der Waals surface area contributed by atoms with Gasteiger partial charge in [0.2, 0.25) is 0 Å². The Morgan fingerprint density at radius 3 is 2.68 bits per heavy atom. The lowest BCUT2D eigenvalue weighted by Gasteiger charge is -2.19. The van der Waals surface area contributed by atoms with Gasteiger partial charge in [-0.1, -0.05) is 22.0 Å². The van der Waals surface area contributed by atoms with E-state index in [4.69, 9.17) is 9.84 Å². The SMILES string of the molecule is COc1cc(Br)ccc1[C@@H](C)NC(=O)N[C@@H](C)CO. The molecule has 0 aliphatic carbocycles. The van der Waals surface area contributed by atoms with Crippen LogP contribution < -0.4 is 15.4 Å². The first-order valence-corrected chi connectivity index (χ1v) is 6.78. The smallest absolute Gasteiger partial charge is 0.315 e. The zero-order valence-corrected chi connectivity index (χ0v) is 12.8. The number of carbonyl (C=O) groups excluding carboxylic acids is 1. The summed E-state index contributed by atoms with van der Waals surface area (Å²) in [6.45, 7) is 3.50. The van der Waals surface area contributed by atoms with Crippen molar-refractivity contribution in [3.8, 4) is 5.75 Å². The molecule has 1 rings (SSSR count). The molecule has 0 heterocycles. The highest BCUT2D eigenvalue weighted by atomic mass is 79.9. The molecule has 0 radical (unpaired) electrons. The van der Waals surface area contributed by atoms with E-state index in [9.17, 15) is 4.79 Å². The molecule has 0 spiro atoms. The van der Waals surface area contributed by atoms with Gasteiger partial charge in [-0.15, -0.1) is 0 Å². The Morgan fingerprint density at radius 2 is 2.11 bits per heavy atom. The number of benzene rings is 1. The largest absolute Gasteiger partial charge is 0.496 e. The predicted molar refractivity (Wildman–Crippen MR) is 77.3 cm³/mol. The van der Waals surface area contributed by atoms with Crippen LogP contribution in [0.1, 0.15) is 25.5 Å². The van der Waals surface area contributed by atoms with Gasteiger partial charge < -0.3 is 20.5 Å². The lowest BCUT2D eigenvalue weighted by Crippen LogP contribution is -2.43. The number of ether oxygens (including phenoxy) is 1. The summed E-state index contributed by atoms with van der Waals surface area (Å²) >= 11 is 3.37. The first-order chi connectivity index (χ1) is 8.97. The van der Waals surface area contributed by atoms with Crippen LogP contribution in [0.4, 0.5) is 4.79 Å². The number of aliphatic hydroxyl groups is 1. The molecule has 0 bridgehead atoms. The van der Waals surface area contributed by atoms with E-state index in [1.165, 1.54) is 0 Å². The average Bonchev–Trinajstić information content (AvgIpc) is 2.37. The third-order valence-electron chi connectivity index (χ3n) is 2.66. The van der Waals surface area contributed by atoms with E-state index in [0.717, 1.165) is 10.0 Å². The Kier molecular flexibility index (Phi) is 6.11. The maximum absolute atomic E-state index is 11.7. The number of nitrogens with one attached hydrogen (secondary N) is 2. The molecule has 0 fully saturated rings. The minimum absolute atomic E-state index is 0.0938. The third kappa shape index (κ3) is 4.72. The number of aliphatic hydroxyl groups excluding tert-OH is 1. The van der Waals surface area contributed by atoms with Gasteiger partial charge in [0.05, 0.1) is 25.8 Å². The molecule has 0 aliphatic heterocycles. The maximum atomic E-state index is 11.7. The first-order valence-electron chi connectivity index (χ1n) is 5.99. The monoisotopic (exact) mass is 330 g/mol. The number of halogens is 1. The quantitative estimate of drug-likeness (QED) is 0.775. The predicted octanol–water partition coefficient (Wildman–Crippen LogP) is 2.20. The summed E-state index contributed by atoms with van der Waals surface area (Å²) in [4.78, 5) is 11.7. The Labute approximate surface area is 121 Å². The second-order valence-electron chi connectivity index (χ2n) is 4.31. The number of rotatable bonds is 5. The summed E-state index contributed by atoms with van der Waals surface area (Å²) in [5.41, 5.74) is 0.887. The Hall–Kier alpha value is -1.27. The third-order valence-corrected chi connectivity index (χ3v) is 3.15. The number of carbonyl (C=O) groups is 1. The van der Waals surface area contributed by atoms with Crippen molar-refractivity contribution >= 4 is 22.0 Å². The van der Waals surface area contributed by atoms with Crippen LogP contribution in [0.25, 0.3) is 0 Å². The molecule has 1 aromatic rings. The van der Waals surface area contributed by atoms with Crippen LogP contribution in [0.2, 0.25) is 0 Å². The van der Waals surface area contributed by atoms with Crippen LogP contribution >= 0.6 is 15.9 Å². The zero-order valence-electron chi connectivity index (χ0n) is 11.2. The molecule has 106 valence electrons. The number of methoxy groups -OCH3 is 1. The number of amides is 2. The fraction of sp³-hybridized carbons (Fsp3) is 0.462. The number of hydrogen-bond donors (Lipinski definition) is 3. The van der Waals surface area contributed by atoms with E-state index in [-0.39, 0.29) is 24.7 Å². The van der Waals surface area contributed by atoms with Gasteiger partial charge in [-0.25, -0.2) is 4.79 Å². The van der Waals surface area contributed by atoms with Gasteiger partial charge in [0.1, 0.15) is 5.75 Å². The molecule has 0 aliphatic rings. The maximum Gasteiger partial charge on any atom is 0.315 e. The van der Waals surface area contributed by atoms with Crippen LogP contribution in [-0.2, 0) is 0 Å². The Bertz CT molecular complexity index is 440. The van der Waals surface area contributed by atoms with Gasteiger partial charge in [-0.2, -0.15) is 0 Å². The molecule has 2 atom stereocenters. The van der Waals surface area contributed by atoms with Crippen molar-refractivity contribution < 1.29 is 14.6 Å². The van der Waals surface area contributed by atoms with Gasteiger partial charge in [0.15, 0.2) is 0 Å². The molecular formula is C13H19BrN2O3. The highest BCUT2D eigenvalue weighted by molar-refractivity contribution is 9.10. The summed E-state index contributed by atoms with van der Waals surface area (Å²) < 4.78 is 6.20. The highest BCUT2D eigenvalue weighted by Gasteiger charge is 2.15. The minimum Gasteiger partial charge on any atom is -0.496 e. The van der Waals surface area contributed by atoms with E-state index >= 15 is 0 Å². The molecule has 3 N–H and O–H groups in total. The summed E-state index contributed by atoms with van der Waals surface area (Å²) in [6, 6.07) is 4.84. The van der Waals surface area contributed by atoms with Crippen LogP contribution in [0.15, 0.2) is 22.7 Å². The second-order valence-corrected chi connectivity index (χ2v) is 5.23. The van der Waals surface area contributed by atoms with E-state index in [1.54, 1.807) is 14.0 Å². The van der Waals surface area contributed by atoms with Crippen molar-refractivity contribution in [1.82, 2.24) is 10.6 Å².